The highest BCUT2D eigenvalue weighted by Gasteiger charge is 2.05. The first kappa shape index (κ1) is 38.2. The summed E-state index contributed by atoms with van der Waals surface area (Å²) in [6.45, 7) is 5.40. The van der Waals surface area contributed by atoms with Crippen molar-refractivity contribution in [2.45, 2.75) is 181 Å². The Morgan fingerprint density at radius 2 is 0.762 bits per heavy atom. The van der Waals surface area contributed by atoms with Crippen LogP contribution in [0.3, 0.4) is 0 Å². The first-order chi connectivity index (χ1) is 20.7. The van der Waals surface area contributed by atoms with Crippen LogP contribution in [0.5, 0.6) is 0 Å². The van der Waals surface area contributed by atoms with Crippen LogP contribution in [0.25, 0.3) is 0 Å². The van der Waals surface area contributed by atoms with E-state index >= 15 is 0 Å². The Morgan fingerprint density at radius 1 is 0.452 bits per heavy atom. The summed E-state index contributed by atoms with van der Waals surface area (Å²) >= 11 is 0. The highest BCUT2D eigenvalue weighted by Crippen LogP contribution is 2.18. The molecule has 0 unspecified atom stereocenters. The van der Waals surface area contributed by atoms with Crippen LogP contribution in [0.2, 0.25) is 0 Å². The van der Waals surface area contributed by atoms with Gasteiger partial charge >= 0.3 is 11.9 Å². The maximum atomic E-state index is 11.6. The zero-order chi connectivity index (χ0) is 30.4. The van der Waals surface area contributed by atoms with E-state index in [9.17, 15) is 9.59 Å². The summed E-state index contributed by atoms with van der Waals surface area (Å²) < 4.78 is 10.4. The van der Waals surface area contributed by atoms with Crippen molar-refractivity contribution in [1.82, 2.24) is 0 Å². The molecule has 1 aromatic rings. The van der Waals surface area contributed by atoms with Gasteiger partial charge in [-0.3, -0.25) is 9.59 Å². The fourth-order valence-electron chi connectivity index (χ4n) is 5.49. The van der Waals surface area contributed by atoms with Crippen LogP contribution in [-0.2, 0) is 31.9 Å². The maximum Gasteiger partial charge on any atom is 0.305 e. The summed E-state index contributed by atoms with van der Waals surface area (Å²) in [5, 5.41) is 0. The molecule has 4 heteroatoms. The first-order valence-corrected chi connectivity index (χ1v) is 18.0. The Bertz CT molecular complexity index is 696. The van der Waals surface area contributed by atoms with Crippen molar-refractivity contribution in [3.05, 3.63) is 35.4 Å². The van der Waals surface area contributed by atoms with Gasteiger partial charge in [0.2, 0.25) is 0 Å². The molecule has 0 amide bonds. The second-order valence-corrected chi connectivity index (χ2v) is 12.3. The van der Waals surface area contributed by atoms with Gasteiger partial charge in [-0.1, -0.05) is 141 Å². The Labute approximate surface area is 260 Å². The summed E-state index contributed by atoms with van der Waals surface area (Å²) in [5.74, 6) is -0.0302. The minimum atomic E-state index is -0.0151. The van der Waals surface area contributed by atoms with Crippen LogP contribution < -0.4 is 0 Å². The van der Waals surface area contributed by atoms with E-state index in [1.807, 2.05) is 0 Å². The molecule has 0 saturated carbocycles. The number of esters is 2. The van der Waals surface area contributed by atoms with Crippen molar-refractivity contribution in [1.29, 1.82) is 0 Å². The topological polar surface area (TPSA) is 52.6 Å². The molecule has 0 aromatic heterocycles. The van der Waals surface area contributed by atoms with E-state index in [2.05, 4.69) is 38.1 Å². The molecule has 0 radical (unpaired) electrons. The van der Waals surface area contributed by atoms with Crippen LogP contribution in [0.4, 0.5) is 0 Å². The minimum absolute atomic E-state index is 0.0151. The number of hydrogen-bond acceptors (Lipinski definition) is 4. The predicted octanol–water partition coefficient (Wildman–Crippen LogP) is 11.3. The Hall–Kier alpha value is -1.84. The normalized spacial score (nSPS) is 11.1. The molecule has 0 saturated heterocycles. The molecule has 4 nitrogen and oxygen atoms in total. The molecule has 0 aliphatic heterocycles. The molecule has 242 valence electrons. The number of hydrogen-bond donors (Lipinski definition) is 0. The monoisotopic (exact) mass is 586 g/mol. The summed E-state index contributed by atoms with van der Waals surface area (Å²) in [7, 11) is 0. The van der Waals surface area contributed by atoms with Crippen molar-refractivity contribution in [2.75, 3.05) is 13.2 Å². The van der Waals surface area contributed by atoms with Gasteiger partial charge in [-0.2, -0.15) is 0 Å². The average Bonchev–Trinajstić information content (AvgIpc) is 2.99. The second kappa shape index (κ2) is 29.2. The average molecular weight is 587 g/mol. The Kier molecular flexibility index (Phi) is 26.6. The number of unbranched alkanes of at least 4 members (excludes halogenated alkanes) is 18. The number of carbonyl (C=O) groups excluding carboxylic acids is 2. The number of benzene rings is 1. The van der Waals surface area contributed by atoms with Crippen molar-refractivity contribution in [3.63, 3.8) is 0 Å². The summed E-state index contributed by atoms with van der Waals surface area (Å²) in [6, 6.07) is 9.11. The fourth-order valence-corrected chi connectivity index (χ4v) is 5.49. The zero-order valence-electron chi connectivity index (χ0n) is 27.7. The van der Waals surface area contributed by atoms with Crippen LogP contribution in [0.1, 0.15) is 179 Å². The van der Waals surface area contributed by atoms with Gasteiger partial charge in [-0.05, 0) is 62.5 Å². The zero-order valence-corrected chi connectivity index (χ0v) is 27.7. The van der Waals surface area contributed by atoms with Gasteiger partial charge in [0.25, 0.3) is 0 Å². The van der Waals surface area contributed by atoms with E-state index in [1.54, 1.807) is 11.1 Å². The van der Waals surface area contributed by atoms with Gasteiger partial charge in [-0.15, -0.1) is 0 Å². The number of aryl methyl sites for hydroxylation is 2. The molecule has 0 atom stereocenters. The number of ether oxygens (including phenoxy) is 2. The van der Waals surface area contributed by atoms with Gasteiger partial charge in [-0.25, -0.2) is 0 Å². The standard InChI is InChI=1S/C38H66O4/c1-3-5-33-41-37(39)31-23-19-15-11-7-9-13-17-21-27-35-29-25-26-30-36(35)28-22-18-14-10-8-12-16-20-24-32-38(40)42-34-6-4-2/h25-26,29-30H,3-24,27-28,31-34H2,1-2H3. The Balaban J connectivity index is 1.95. The van der Waals surface area contributed by atoms with Crippen molar-refractivity contribution in [2.24, 2.45) is 0 Å². The molecule has 1 aromatic carbocycles. The summed E-state index contributed by atoms with van der Waals surface area (Å²) in [5.41, 5.74) is 3.14. The molecular formula is C38H66O4. The number of rotatable bonds is 30. The molecule has 0 aliphatic carbocycles. The first-order valence-electron chi connectivity index (χ1n) is 18.0. The SMILES string of the molecule is CCCCOC(=O)CCCCCCCCCCCc1ccccc1CCCCCCCCCCCC(=O)OCCCC. The van der Waals surface area contributed by atoms with Crippen LogP contribution >= 0.6 is 0 Å². The maximum absolute atomic E-state index is 11.6. The van der Waals surface area contributed by atoms with E-state index in [-0.39, 0.29) is 11.9 Å². The third-order valence-corrected chi connectivity index (χ3v) is 8.29. The van der Waals surface area contributed by atoms with Gasteiger partial charge in [0, 0.05) is 12.8 Å². The van der Waals surface area contributed by atoms with Crippen LogP contribution in [-0.4, -0.2) is 25.2 Å². The lowest BCUT2D eigenvalue weighted by atomic mass is 9.96. The van der Waals surface area contributed by atoms with Gasteiger partial charge in [0.15, 0.2) is 0 Å². The van der Waals surface area contributed by atoms with E-state index in [0.717, 1.165) is 51.4 Å². The van der Waals surface area contributed by atoms with Crippen molar-refractivity contribution < 1.29 is 19.1 Å². The van der Waals surface area contributed by atoms with Crippen LogP contribution in [0, 0.1) is 0 Å². The van der Waals surface area contributed by atoms with E-state index in [4.69, 9.17) is 9.47 Å². The smallest absolute Gasteiger partial charge is 0.305 e. The lowest BCUT2D eigenvalue weighted by Gasteiger charge is -2.10. The second-order valence-electron chi connectivity index (χ2n) is 12.3. The quantitative estimate of drug-likeness (QED) is 0.0664. The lowest BCUT2D eigenvalue weighted by Crippen LogP contribution is -2.05. The highest BCUT2D eigenvalue weighted by atomic mass is 16.5. The Morgan fingerprint density at radius 3 is 1.10 bits per heavy atom. The van der Waals surface area contributed by atoms with Gasteiger partial charge in [0.05, 0.1) is 13.2 Å². The molecule has 1 rings (SSSR count). The molecule has 0 N–H and O–H groups in total. The molecule has 0 heterocycles. The largest absolute Gasteiger partial charge is 0.466 e. The van der Waals surface area contributed by atoms with E-state index in [1.165, 1.54) is 103 Å². The minimum Gasteiger partial charge on any atom is -0.466 e. The molecule has 42 heavy (non-hydrogen) atoms. The van der Waals surface area contributed by atoms with Gasteiger partial charge < -0.3 is 9.47 Å². The van der Waals surface area contributed by atoms with Crippen molar-refractivity contribution in [3.8, 4) is 0 Å². The van der Waals surface area contributed by atoms with E-state index < -0.39 is 0 Å². The van der Waals surface area contributed by atoms with Crippen LogP contribution in [0.15, 0.2) is 24.3 Å². The fraction of sp³-hybridized carbons (Fsp3) is 0.789. The molecule has 0 bridgehead atoms. The van der Waals surface area contributed by atoms with E-state index in [0.29, 0.717) is 26.1 Å². The number of carbonyl (C=O) groups is 2. The lowest BCUT2D eigenvalue weighted by molar-refractivity contribution is -0.144. The summed E-state index contributed by atoms with van der Waals surface area (Å²) in [6.07, 6.45) is 30.4. The molecular weight excluding hydrogens is 520 g/mol. The highest BCUT2D eigenvalue weighted by molar-refractivity contribution is 5.69. The molecule has 0 fully saturated rings. The third kappa shape index (κ3) is 23.7. The predicted molar refractivity (Wildman–Crippen MR) is 178 cm³/mol. The summed E-state index contributed by atoms with van der Waals surface area (Å²) in [4.78, 5) is 23.2. The third-order valence-electron chi connectivity index (χ3n) is 8.29. The van der Waals surface area contributed by atoms with Crippen molar-refractivity contribution >= 4 is 11.9 Å². The molecule has 0 spiro atoms. The molecule has 0 aliphatic rings. The van der Waals surface area contributed by atoms with Gasteiger partial charge in [0.1, 0.15) is 0 Å².